The number of nitrogens with zero attached hydrogens (tertiary/aromatic N) is 2. The molecule has 0 radical (unpaired) electrons. The zero-order valence-electron chi connectivity index (χ0n) is 8.58. The maximum atomic E-state index is 12.1. The molecule has 0 spiro atoms. The summed E-state index contributed by atoms with van der Waals surface area (Å²) in [6.07, 6.45) is 1.38. The van der Waals surface area contributed by atoms with Crippen molar-refractivity contribution in [3.8, 4) is 0 Å². The molecule has 0 fully saturated rings. The van der Waals surface area contributed by atoms with Crippen LogP contribution >= 0.6 is 0 Å². The SMILES string of the molecule is CC(C)N1C=Nc2ccccc2S1(=O)=O. The molecule has 1 aliphatic heterocycles. The third-order valence-corrected chi connectivity index (χ3v) is 4.21. The van der Waals surface area contributed by atoms with Gasteiger partial charge in [0.25, 0.3) is 10.0 Å². The highest BCUT2D eigenvalue weighted by Gasteiger charge is 2.29. The van der Waals surface area contributed by atoms with Gasteiger partial charge in [-0.1, -0.05) is 12.1 Å². The molecule has 1 aliphatic rings. The maximum Gasteiger partial charge on any atom is 0.267 e. The Balaban J connectivity index is 2.63. The topological polar surface area (TPSA) is 49.7 Å². The molecule has 0 atom stereocenters. The quantitative estimate of drug-likeness (QED) is 0.729. The van der Waals surface area contributed by atoms with Crippen LogP contribution in [0.4, 0.5) is 5.69 Å². The average molecular weight is 224 g/mol. The van der Waals surface area contributed by atoms with Crippen molar-refractivity contribution in [2.45, 2.75) is 24.8 Å². The molecular formula is C10H12N2O2S. The Morgan fingerprint density at radius 3 is 2.60 bits per heavy atom. The van der Waals surface area contributed by atoms with Crippen molar-refractivity contribution >= 4 is 22.0 Å². The third kappa shape index (κ3) is 1.52. The van der Waals surface area contributed by atoms with Crippen molar-refractivity contribution in [1.29, 1.82) is 0 Å². The molecule has 1 aromatic carbocycles. The Labute approximate surface area is 89.3 Å². The largest absolute Gasteiger partial charge is 0.267 e. The molecule has 0 aliphatic carbocycles. The second kappa shape index (κ2) is 3.34. The van der Waals surface area contributed by atoms with Gasteiger partial charge in [0.1, 0.15) is 11.2 Å². The standard InChI is InChI=1S/C10H12N2O2S/c1-8(2)12-7-11-9-5-3-4-6-10(9)15(12,13)14/h3-8H,1-2H3. The van der Waals surface area contributed by atoms with Gasteiger partial charge in [0.2, 0.25) is 0 Å². The molecule has 2 rings (SSSR count). The predicted octanol–water partition coefficient (Wildman–Crippen LogP) is 1.76. The number of para-hydroxylation sites is 1. The number of hydrogen-bond donors (Lipinski definition) is 0. The summed E-state index contributed by atoms with van der Waals surface area (Å²) in [5, 5.41) is 0. The van der Waals surface area contributed by atoms with Crippen molar-refractivity contribution in [1.82, 2.24) is 4.31 Å². The lowest BCUT2D eigenvalue weighted by Gasteiger charge is -2.26. The van der Waals surface area contributed by atoms with Crippen molar-refractivity contribution in [3.63, 3.8) is 0 Å². The zero-order chi connectivity index (χ0) is 11.1. The van der Waals surface area contributed by atoms with Gasteiger partial charge in [0.15, 0.2) is 0 Å². The van der Waals surface area contributed by atoms with Crippen LogP contribution < -0.4 is 0 Å². The van der Waals surface area contributed by atoms with Gasteiger partial charge >= 0.3 is 0 Å². The third-order valence-electron chi connectivity index (χ3n) is 2.24. The second-order valence-corrected chi connectivity index (χ2v) is 5.45. The van der Waals surface area contributed by atoms with Crippen LogP contribution in [-0.4, -0.2) is 25.1 Å². The van der Waals surface area contributed by atoms with E-state index in [4.69, 9.17) is 0 Å². The summed E-state index contributed by atoms with van der Waals surface area (Å²) in [7, 11) is -3.40. The summed E-state index contributed by atoms with van der Waals surface area (Å²) >= 11 is 0. The molecule has 0 saturated heterocycles. The van der Waals surface area contributed by atoms with Crippen molar-refractivity contribution in [3.05, 3.63) is 24.3 Å². The van der Waals surface area contributed by atoms with Crippen LogP contribution in [0.1, 0.15) is 13.8 Å². The molecular weight excluding hydrogens is 212 g/mol. The predicted molar refractivity (Wildman–Crippen MR) is 58.8 cm³/mol. The maximum absolute atomic E-state index is 12.1. The fraction of sp³-hybridized carbons (Fsp3) is 0.300. The van der Waals surface area contributed by atoms with Gasteiger partial charge in [0.05, 0.1) is 5.69 Å². The number of sulfonamides is 1. The molecule has 4 nitrogen and oxygen atoms in total. The smallest absolute Gasteiger partial charge is 0.254 e. The minimum Gasteiger partial charge on any atom is -0.254 e. The van der Waals surface area contributed by atoms with Gasteiger partial charge in [-0.3, -0.25) is 4.31 Å². The molecule has 80 valence electrons. The van der Waals surface area contributed by atoms with Crippen LogP contribution in [0.5, 0.6) is 0 Å². The van der Waals surface area contributed by atoms with Crippen LogP contribution in [0.2, 0.25) is 0 Å². The van der Waals surface area contributed by atoms with E-state index in [0.29, 0.717) is 5.69 Å². The molecule has 0 unspecified atom stereocenters. The molecule has 15 heavy (non-hydrogen) atoms. The summed E-state index contributed by atoms with van der Waals surface area (Å²) in [6.45, 7) is 3.63. The first kappa shape index (κ1) is 10.2. The van der Waals surface area contributed by atoms with E-state index in [0.717, 1.165) is 0 Å². The van der Waals surface area contributed by atoms with Crippen LogP contribution in [0.15, 0.2) is 34.2 Å². The van der Waals surface area contributed by atoms with Crippen molar-refractivity contribution in [2.24, 2.45) is 4.99 Å². The highest BCUT2D eigenvalue weighted by atomic mass is 32.2. The number of hydrogen-bond acceptors (Lipinski definition) is 3. The lowest BCUT2D eigenvalue weighted by Crippen LogP contribution is -2.37. The van der Waals surface area contributed by atoms with Crippen LogP contribution in [0.25, 0.3) is 0 Å². The lowest BCUT2D eigenvalue weighted by molar-refractivity contribution is 0.476. The summed E-state index contributed by atoms with van der Waals surface area (Å²) in [4.78, 5) is 4.39. The molecule has 5 heteroatoms. The van der Waals surface area contributed by atoms with E-state index < -0.39 is 10.0 Å². The molecule has 0 aromatic heterocycles. The Bertz CT molecular complexity index is 506. The highest BCUT2D eigenvalue weighted by Crippen LogP contribution is 2.30. The lowest BCUT2D eigenvalue weighted by atomic mass is 10.3. The first-order valence-electron chi connectivity index (χ1n) is 4.70. The van der Waals surface area contributed by atoms with Gasteiger partial charge in [-0.25, -0.2) is 13.4 Å². The van der Waals surface area contributed by atoms with E-state index in [2.05, 4.69) is 4.99 Å². The van der Waals surface area contributed by atoms with Crippen LogP contribution in [0.3, 0.4) is 0 Å². The Kier molecular flexibility index (Phi) is 2.26. The van der Waals surface area contributed by atoms with E-state index in [1.165, 1.54) is 10.6 Å². The van der Waals surface area contributed by atoms with Crippen LogP contribution in [0, 0.1) is 0 Å². The Hall–Kier alpha value is -1.36. The minimum atomic E-state index is -3.40. The molecule has 0 bridgehead atoms. The van der Waals surface area contributed by atoms with E-state index in [9.17, 15) is 8.42 Å². The summed E-state index contributed by atoms with van der Waals surface area (Å²) in [6, 6.07) is 6.64. The van der Waals surface area contributed by atoms with Crippen molar-refractivity contribution in [2.75, 3.05) is 0 Å². The second-order valence-electron chi connectivity index (χ2n) is 3.64. The van der Waals surface area contributed by atoms with Gasteiger partial charge in [0, 0.05) is 6.04 Å². The molecule has 1 heterocycles. The summed E-state index contributed by atoms with van der Waals surface area (Å²) in [5.74, 6) is 0. The first-order chi connectivity index (χ1) is 7.03. The fourth-order valence-electron chi connectivity index (χ4n) is 1.49. The normalized spacial score (nSPS) is 17.9. The van der Waals surface area contributed by atoms with E-state index in [1.807, 2.05) is 13.8 Å². The number of fused-ring (bicyclic) bond motifs is 1. The molecule has 0 amide bonds. The highest BCUT2D eigenvalue weighted by molar-refractivity contribution is 7.89. The minimum absolute atomic E-state index is 0.118. The first-order valence-corrected chi connectivity index (χ1v) is 6.14. The van der Waals surface area contributed by atoms with E-state index in [1.54, 1.807) is 24.3 Å². The Morgan fingerprint density at radius 1 is 1.27 bits per heavy atom. The fourth-order valence-corrected chi connectivity index (χ4v) is 3.08. The van der Waals surface area contributed by atoms with Gasteiger partial charge in [-0.05, 0) is 26.0 Å². The molecule has 0 saturated carbocycles. The summed E-state index contributed by atoms with van der Waals surface area (Å²) < 4.78 is 25.4. The monoisotopic (exact) mass is 224 g/mol. The zero-order valence-corrected chi connectivity index (χ0v) is 9.40. The van der Waals surface area contributed by atoms with Crippen molar-refractivity contribution < 1.29 is 8.42 Å². The number of aliphatic imine (C=N–C) groups is 1. The summed E-state index contributed by atoms with van der Waals surface area (Å²) in [5.41, 5.74) is 0.509. The van der Waals surface area contributed by atoms with Gasteiger partial charge in [-0.2, -0.15) is 0 Å². The van der Waals surface area contributed by atoms with Gasteiger partial charge in [-0.15, -0.1) is 0 Å². The van der Waals surface area contributed by atoms with E-state index in [-0.39, 0.29) is 10.9 Å². The van der Waals surface area contributed by atoms with E-state index >= 15 is 0 Å². The van der Waals surface area contributed by atoms with Crippen LogP contribution in [-0.2, 0) is 10.0 Å². The molecule has 0 N–H and O–H groups in total. The molecule has 1 aromatic rings. The number of rotatable bonds is 1. The Morgan fingerprint density at radius 2 is 1.93 bits per heavy atom. The number of benzene rings is 1. The average Bonchev–Trinajstić information content (AvgIpc) is 2.17. The van der Waals surface area contributed by atoms with Gasteiger partial charge < -0.3 is 0 Å².